The first kappa shape index (κ1) is 42.7. The number of aromatic amines is 1. The van der Waals surface area contributed by atoms with Crippen molar-refractivity contribution < 1.29 is 41.8 Å². The molecule has 2 atom stereocenters. The Bertz CT molecular complexity index is 2000. The Hall–Kier alpha value is -4.45. The Morgan fingerprint density at radius 3 is 2.12 bits per heavy atom. The van der Waals surface area contributed by atoms with E-state index in [4.69, 9.17) is 4.74 Å². The Morgan fingerprint density at radius 1 is 0.831 bits per heavy atom. The molecular formula is C42H53F4N7O6. The van der Waals surface area contributed by atoms with Crippen LogP contribution in [0.2, 0.25) is 0 Å². The van der Waals surface area contributed by atoms with Gasteiger partial charge in [0.05, 0.1) is 41.4 Å². The highest BCUT2D eigenvalue weighted by atomic mass is 19.4. The summed E-state index contributed by atoms with van der Waals surface area (Å²) in [6.45, 7) is 3.53. The van der Waals surface area contributed by atoms with Crippen LogP contribution in [-0.4, -0.2) is 142 Å². The molecule has 320 valence electrons. The molecule has 1 aromatic heterocycles. The number of fused-ring (bicyclic) bond motifs is 1. The van der Waals surface area contributed by atoms with Gasteiger partial charge < -0.3 is 24.5 Å². The zero-order chi connectivity index (χ0) is 41.7. The number of ether oxygens (including phenoxy) is 1. The predicted octanol–water partition coefficient (Wildman–Crippen LogP) is 3.83. The van der Waals surface area contributed by atoms with Crippen molar-refractivity contribution in [2.24, 2.45) is 5.92 Å². The summed E-state index contributed by atoms with van der Waals surface area (Å²) >= 11 is 0. The molecule has 2 aromatic carbocycles. The summed E-state index contributed by atoms with van der Waals surface area (Å²) < 4.78 is 61.0. The molecule has 3 N–H and O–H groups in total. The number of carbonyl (C=O) groups is 3. The van der Waals surface area contributed by atoms with Crippen LogP contribution in [0.15, 0.2) is 47.3 Å². The van der Waals surface area contributed by atoms with Crippen LogP contribution in [0.4, 0.5) is 17.6 Å². The van der Waals surface area contributed by atoms with Gasteiger partial charge in [0.15, 0.2) is 0 Å². The van der Waals surface area contributed by atoms with Crippen LogP contribution in [0.1, 0.15) is 79.4 Å². The van der Waals surface area contributed by atoms with Crippen molar-refractivity contribution in [2.75, 3.05) is 58.9 Å². The van der Waals surface area contributed by atoms with Gasteiger partial charge in [0.2, 0.25) is 18.0 Å². The van der Waals surface area contributed by atoms with Gasteiger partial charge in [0, 0.05) is 64.2 Å². The number of hydrogen-bond donors (Lipinski definition) is 3. The maximum Gasteiger partial charge on any atom is 0.427 e. The van der Waals surface area contributed by atoms with Crippen molar-refractivity contribution in [1.29, 1.82) is 0 Å². The van der Waals surface area contributed by atoms with Crippen molar-refractivity contribution in [3.8, 4) is 0 Å². The quantitative estimate of drug-likeness (QED) is 0.194. The minimum Gasteiger partial charge on any atom is -0.375 e. The number of likely N-dealkylation sites (tertiary alicyclic amines) is 2. The molecular weight excluding hydrogens is 774 g/mol. The van der Waals surface area contributed by atoms with Crippen LogP contribution in [0.5, 0.6) is 0 Å². The first-order chi connectivity index (χ1) is 28.3. The molecule has 3 amide bonds. The van der Waals surface area contributed by atoms with E-state index >= 15 is 0 Å². The topological polar surface area (TPSA) is 151 Å². The molecule has 1 saturated carbocycles. The number of halogens is 4. The summed E-state index contributed by atoms with van der Waals surface area (Å²) in [5.41, 5.74) is 0.920. The highest BCUT2D eigenvalue weighted by Gasteiger charge is 2.44. The molecule has 0 radical (unpaired) electrons. The maximum atomic E-state index is 15.0. The zero-order valence-corrected chi connectivity index (χ0v) is 33.1. The number of nitrogens with zero attached hydrogens (tertiary/aromatic N) is 5. The lowest BCUT2D eigenvalue weighted by atomic mass is 9.83. The second kappa shape index (κ2) is 18.9. The number of alkyl halides is 3. The van der Waals surface area contributed by atoms with E-state index < -0.39 is 36.1 Å². The summed E-state index contributed by atoms with van der Waals surface area (Å²) in [7, 11) is 0. The number of amides is 3. The van der Waals surface area contributed by atoms with Crippen LogP contribution in [0.3, 0.4) is 0 Å². The summed E-state index contributed by atoms with van der Waals surface area (Å²) in [6, 6.07) is 10.4. The lowest BCUT2D eigenvalue weighted by molar-refractivity contribution is -0.217. The van der Waals surface area contributed by atoms with Gasteiger partial charge in [-0.3, -0.25) is 29.4 Å². The highest BCUT2D eigenvalue weighted by Crippen LogP contribution is 2.30. The van der Waals surface area contributed by atoms with Crippen LogP contribution in [-0.2, 0) is 20.7 Å². The highest BCUT2D eigenvalue weighted by molar-refractivity contribution is 5.95. The number of aliphatic hydroxyl groups is 1. The average Bonchev–Trinajstić information content (AvgIpc) is 3.25. The van der Waals surface area contributed by atoms with Crippen LogP contribution in [0, 0.1) is 11.7 Å². The third kappa shape index (κ3) is 10.5. The lowest BCUT2D eigenvalue weighted by Crippen LogP contribution is -2.58. The lowest BCUT2D eigenvalue weighted by Gasteiger charge is -2.40. The van der Waals surface area contributed by atoms with Gasteiger partial charge in [-0.2, -0.15) is 18.3 Å². The van der Waals surface area contributed by atoms with Crippen molar-refractivity contribution in [3.63, 3.8) is 0 Å². The van der Waals surface area contributed by atoms with Crippen LogP contribution >= 0.6 is 0 Å². The zero-order valence-electron chi connectivity index (χ0n) is 33.1. The Morgan fingerprint density at radius 2 is 1.46 bits per heavy atom. The van der Waals surface area contributed by atoms with Crippen LogP contribution < -0.4 is 10.9 Å². The third-order valence-corrected chi connectivity index (χ3v) is 12.4. The van der Waals surface area contributed by atoms with Crippen LogP contribution in [0.25, 0.3) is 10.8 Å². The molecule has 4 heterocycles. The average molecular weight is 828 g/mol. The molecule has 1 unspecified atom stereocenters. The van der Waals surface area contributed by atoms with E-state index in [0.29, 0.717) is 87.0 Å². The third-order valence-electron chi connectivity index (χ3n) is 12.4. The molecule has 1 aliphatic carbocycles. The van der Waals surface area contributed by atoms with E-state index in [9.17, 15) is 41.8 Å². The predicted molar refractivity (Wildman–Crippen MR) is 210 cm³/mol. The first-order valence-corrected chi connectivity index (χ1v) is 20.8. The smallest absolute Gasteiger partial charge is 0.375 e. The van der Waals surface area contributed by atoms with Crippen molar-refractivity contribution in [3.05, 3.63) is 75.5 Å². The summed E-state index contributed by atoms with van der Waals surface area (Å²) in [6.07, 6.45) is -0.839. The Kier molecular flexibility index (Phi) is 13.6. The minimum atomic E-state index is -4.86. The van der Waals surface area contributed by atoms with Gasteiger partial charge in [0.25, 0.3) is 11.5 Å². The summed E-state index contributed by atoms with van der Waals surface area (Å²) in [4.78, 5) is 59.5. The van der Waals surface area contributed by atoms with Crippen molar-refractivity contribution in [1.82, 2.24) is 35.1 Å². The number of piperazine rings is 1. The minimum absolute atomic E-state index is 0.00650. The molecule has 17 heteroatoms. The normalized spacial score (nSPS) is 20.5. The largest absolute Gasteiger partial charge is 0.427 e. The van der Waals surface area contributed by atoms with E-state index in [-0.39, 0.29) is 61.2 Å². The van der Waals surface area contributed by atoms with Gasteiger partial charge in [0.1, 0.15) is 5.82 Å². The molecule has 59 heavy (non-hydrogen) atoms. The van der Waals surface area contributed by atoms with E-state index in [1.807, 2.05) is 6.07 Å². The van der Waals surface area contributed by atoms with Gasteiger partial charge in [-0.1, -0.05) is 43.5 Å². The summed E-state index contributed by atoms with van der Waals surface area (Å²) in [5.74, 6) is -1.77. The number of nitrogens with one attached hydrogen (secondary N) is 2. The second-order valence-electron chi connectivity index (χ2n) is 16.3. The number of aromatic nitrogens is 2. The number of aliphatic hydroxyl groups excluding tert-OH is 1. The Labute approximate surface area is 340 Å². The molecule has 4 fully saturated rings. The number of H-pyrrole nitrogens is 1. The van der Waals surface area contributed by atoms with E-state index in [2.05, 4.69) is 20.4 Å². The fraction of sp³-hybridized carbons (Fsp3) is 0.595. The summed E-state index contributed by atoms with van der Waals surface area (Å²) in [5, 5.41) is 19.8. The van der Waals surface area contributed by atoms with Gasteiger partial charge in [-0.15, -0.1) is 0 Å². The fourth-order valence-corrected chi connectivity index (χ4v) is 8.99. The van der Waals surface area contributed by atoms with Gasteiger partial charge >= 0.3 is 6.18 Å². The molecule has 3 aromatic rings. The first-order valence-electron chi connectivity index (χ1n) is 20.8. The molecule has 0 spiro atoms. The molecule has 3 saturated heterocycles. The van der Waals surface area contributed by atoms with Crippen molar-refractivity contribution in [2.45, 2.75) is 94.9 Å². The van der Waals surface area contributed by atoms with Crippen molar-refractivity contribution >= 4 is 28.5 Å². The number of hydrogen-bond acceptors (Lipinski definition) is 9. The number of carbonyl (C=O) groups excluding carboxylic acids is 3. The van der Waals surface area contributed by atoms with E-state index in [1.165, 1.54) is 12.1 Å². The molecule has 0 bridgehead atoms. The number of piperidine rings is 2. The maximum absolute atomic E-state index is 15.0. The molecule has 13 nitrogen and oxygen atoms in total. The number of rotatable bonds is 11. The molecule has 4 aliphatic rings. The fourth-order valence-electron chi connectivity index (χ4n) is 8.99. The van der Waals surface area contributed by atoms with Gasteiger partial charge in [-0.25, -0.2) is 9.49 Å². The van der Waals surface area contributed by atoms with E-state index in [1.54, 1.807) is 39.0 Å². The SMILES string of the molecule is O=C(CN1CCC(OC2CCN(C(=O)[C@H](NC(O)C(F)(F)F)C3CCCCC3)CC2)CC1)N1CCN(C(=O)c2cc(Cc3n[nH]c(=O)c4ccccc34)ccc2F)CC1. The second-order valence-corrected chi connectivity index (χ2v) is 16.3. The monoisotopic (exact) mass is 827 g/mol. The van der Waals surface area contributed by atoms with E-state index in [0.717, 1.165) is 32.1 Å². The number of benzene rings is 2. The molecule has 3 aliphatic heterocycles. The van der Waals surface area contributed by atoms with Gasteiger partial charge in [-0.05, 0) is 68.2 Å². The Balaban J connectivity index is 0.830. The standard InChI is InChI=1S/C42H53F4N7O6/c43-34-11-10-27(25-35-31-8-4-5-9-32(31)38(55)49-48-35)24-33(34)39(56)53-22-20-51(21-23-53)36(54)26-50-16-12-29(13-17-50)59-30-14-18-52(19-15-30)40(57)37(28-6-2-1-3-7-28)47-41(58)42(44,45)46/h4-5,8-11,24,28-30,37,41,47,58H,1-3,6-7,12-23,25-26H2,(H,49,55)/t37-,41?/m1/s1. The molecule has 7 rings (SSSR count).